The second-order valence-corrected chi connectivity index (χ2v) is 9.80. The number of carbonyl (C=O) groups excluding carboxylic acids is 1. The Hall–Kier alpha value is -2.44. The molecule has 0 aliphatic rings. The number of hydrogen-bond donors (Lipinski definition) is 0. The number of rotatable bonds is 6. The summed E-state index contributed by atoms with van der Waals surface area (Å²) in [6, 6.07) is 22.6. The fourth-order valence-corrected chi connectivity index (χ4v) is 6.19. The van der Waals surface area contributed by atoms with Crippen molar-refractivity contribution in [1.29, 1.82) is 0 Å². The van der Waals surface area contributed by atoms with Crippen molar-refractivity contribution in [3.63, 3.8) is 0 Å². The van der Waals surface area contributed by atoms with Crippen molar-refractivity contribution in [1.82, 2.24) is 0 Å². The van der Waals surface area contributed by atoms with Gasteiger partial charge in [-0.25, -0.2) is 0 Å². The molecular weight excluding hydrogens is 351 g/mol. The van der Waals surface area contributed by atoms with Crippen LogP contribution in [-0.2, 0) is 15.8 Å². The van der Waals surface area contributed by atoms with Crippen molar-refractivity contribution in [3.05, 3.63) is 95.1 Å². The van der Waals surface area contributed by atoms with Gasteiger partial charge in [0.05, 0.1) is 0 Å². The zero-order chi connectivity index (χ0) is 19.4. The highest BCUT2D eigenvalue weighted by molar-refractivity contribution is 7.93. The van der Waals surface area contributed by atoms with Crippen molar-refractivity contribution < 1.29 is 9.36 Å². The summed E-state index contributed by atoms with van der Waals surface area (Å²) in [6.45, 7) is 6.23. The van der Waals surface area contributed by atoms with Crippen LogP contribution in [0, 0.1) is 20.8 Å². The lowest BCUT2D eigenvalue weighted by molar-refractivity contribution is -0.111. The van der Waals surface area contributed by atoms with E-state index in [2.05, 4.69) is 32.9 Å². The molecule has 0 saturated heterocycles. The molecule has 0 atom stereocenters. The van der Waals surface area contributed by atoms with Crippen LogP contribution in [0.4, 0.5) is 0 Å². The molecule has 3 heteroatoms. The highest BCUT2D eigenvalue weighted by atomic mass is 31.2. The van der Waals surface area contributed by atoms with Crippen molar-refractivity contribution in [2.24, 2.45) is 0 Å². The molecule has 0 bridgehead atoms. The summed E-state index contributed by atoms with van der Waals surface area (Å²) < 4.78 is 14.0. The maximum Gasteiger partial charge on any atom is 0.205 e. The molecule has 138 valence electrons. The second kappa shape index (κ2) is 8.06. The fourth-order valence-electron chi connectivity index (χ4n) is 3.71. The van der Waals surface area contributed by atoms with Gasteiger partial charge in [-0.3, -0.25) is 4.79 Å². The molecule has 0 saturated carbocycles. The molecule has 0 aliphatic carbocycles. The standard InChI is InChI=1S/C24H25O2P/c1-18-16-19(2)23(20(3)17-18)14-15-24(25)27(26,21-10-6-4-7-11-21)22-12-8-5-9-13-22/h4-13,16-17H,14-15H2,1-3H3. The number of hydrogen-bond acceptors (Lipinski definition) is 2. The van der Waals surface area contributed by atoms with Crippen LogP contribution in [0.25, 0.3) is 0 Å². The summed E-state index contributed by atoms with van der Waals surface area (Å²) >= 11 is 0. The Morgan fingerprint density at radius 1 is 0.778 bits per heavy atom. The van der Waals surface area contributed by atoms with Crippen molar-refractivity contribution in [2.45, 2.75) is 33.6 Å². The highest BCUT2D eigenvalue weighted by Gasteiger charge is 2.34. The fraction of sp³-hybridized carbons (Fsp3) is 0.208. The van der Waals surface area contributed by atoms with Gasteiger partial charge in [0.2, 0.25) is 12.7 Å². The predicted molar refractivity (Wildman–Crippen MR) is 114 cm³/mol. The summed E-state index contributed by atoms with van der Waals surface area (Å²) in [5.41, 5.74) is 4.60. The zero-order valence-corrected chi connectivity index (χ0v) is 17.0. The van der Waals surface area contributed by atoms with Crippen LogP contribution in [0.5, 0.6) is 0 Å². The zero-order valence-electron chi connectivity index (χ0n) is 16.1. The molecule has 0 spiro atoms. The van der Waals surface area contributed by atoms with E-state index in [4.69, 9.17) is 0 Å². The molecule has 0 aliphatic heterocycles. The number of benzene rings is 3. The first-order chi connectivity index (χ1) is 12.9. The molecular formula is C24H25O2P. The first kappa shape index (κ1) is 19.3. The largest absolute Gasteiger partial charge is 0.306 e. The molecule has 0 radical (unpaired) electrons. The Morgan fingerprint density at radius 2 is 1.22 bits per heavy atom. The molecule has 0 fully saturated rings. The predicted octanol–water partition coefficient (Wildman–Crippen LogP) is 5.09. The van der Waals surface area contributed by atoms with E-state index in [0.29, 0.717) is 17.0 Å². The van der Waals surface area contributed by atoms with Gasteiger partial charge in [-0.2, -0.15) is 0 Å². The van der Waals surface area contributed by atoms with E-state index < -0.39 is 7.14 Å². The first-order valence-electron chi connectivity index (χ1n) is 9.24. The van der Waals surface area contributed by atoms with Crippen LogP contribution in [0.3, 0.4) is 0 Å². The summed E-state index contributed by atoms with van der Waals surface area (Å²) in [4.78, 5) is 13.3. The maximum absolute atomic E-state index is 14.0. The van der Waals surface area contributed by atoms with Gasteiger partial charge < -0.3 is 4.57 Å². The molecule has 0 unspecified atom stereocenters. The van der Waals surface area contributed by atoms with Crippen molar-refractivity contribution in [3.8, 4) is 0 Å². The number of carbonyl (C=O) groups is 1. The Labute approximate surface area is 161 Å². The third kappa shape index (κ3) is 3.96. The summed E-state index contributed by atoms with van der Waals surface area (Å²) in [5.74, 6) is 0. The van der Waals surface area contributed by atoms with E-state index in [1.165, 1.54) is 22.3 Å². The van der Waals surface area contributed by atoms with E-state index in [9.17, 15) is 9.36 Å². The molecule has 0 heterocycles. The number of aryl methyl sites for hydroxylation is 3. The van der Waals surface area contributed by atoms with Crippen LogP contribution < -0.4 is 10.6 Å². The van der Waals surface area contributed by atoms with E-state index >= 15 is 0 Å². The van der Waals surface area contributed by atoms with Crippen LogP contribution in [0.2, 0.25) is 0 Å². The van der Waals surface area contributed by atoms with Crippen molar-refractivity contribution in [2.75, 3.05) is 0 Å². The van der Waals surface area contributed by atoms with E-state index in [1.54, 1.807) is 24.3 Å². The third-order valence-electron chi connectivity index (χ3n) is 5.02. The Morgan fingerprint density at radius 3 is 1.67 bits per heavy atom. The average molecular weight is 376 g/mol. The molecule has 3 aromatic carbocycles. The quantitative estimate of drug-likeness (QED) is 0.562. The topological polar surface area (TPSA) is 34.1 Å². The van der Waals surface area contributed by atoms with Gasteiger partial charge in [-0.15, -0.1) is 0 Å². The van der Waals surface area contributed by atoms with Gasteiger partial charge in [-0.1, -0.05) is 78.4 Å². The minimum absolute atomic E-state index is 0.181. The Kier molecular flexibility index (Phi) is 5.77. The van der Waals surface area contributed by atoms with E-state index in [0.717, 1.165) is 0 Å². The van der Waals surface area contributed by atoms with Crippen LogP contribution in [0.1, 0.15) is 28.7 Å². The highest BCUT2D eigenvalue weighted by Crippen LogP contribution is 2.45. The summed E-state index contributed by atoms with van der Waals surface area (Å²) in [7, 11) is -3.33. The lowest BCUT2D eigenvalue weighted by atomic mass is 9.96. The van der Waals surface area contributed by atoms with E-state index in [-0.39, 0.29) is 11.9 Å². The molecule has 27 heavy (non-hydrogen) atoms. The van der Waals surface area contributed by atoms with Gasteiger partial charge in [0, 0.05) is 17.0 Å². The molecule has 3 aromatic rings. The third-order valence-corrected chi connectivity index (χ3v) is 8.00. The van der Waals surface area contributed by atoms with Gasteiger partial charge >= 0.3 is 0 Å². The molecule has 2 nitrogen and oxygen atoms in total. The van der Waals surface area contributed by atoms with Crippen LogP contribution >= 0.6 is 7.14 Å². The lowest BCUT2D eigenvalue weighted by Crippen LogP contribution is -2.22. The van der Waals surface area contributed by atoms with Gasteiger partial charge in [0.25, 0.3) is 0 Å². The van der Waals surface area contributed by atoms with Crippen LogP contribution in [-0.4, -0.2) is 5.52 Å². The Bertz CT molecular complexity index is 925. The smallest absolute Gasteiger partial charge is 0.205 e. The molecule has 0 amide bonds. The van der Waals surface area contributed by atoms with Gasteiger partial charge in [0.1, 0.15) is 0 Å². The van der Waals surface area contributed by atoms with Gasteiger partial charge in [0.15, 0.2) is 0 Å². The molecule has 3 rings (SSSR count). The van der Waals surface area contributed by atoms with E-state index in [1.807, 2.05) is 36.4 Å². The van der Waals surface area contributed by atoms with Crippen LogP contribution in [0.15, 0.2) is 72.8 Å². The summed E-state index contributed by atoms with van der Waals surface area (Å²) in [6.07, 6.45) is 0.881. The maximum atomic E-state index is 14.0. The molecule has 0 aromatic heterocycles. The first-order valence-corrected chi connectivity index (χ1v) is 10.9. The SMILES string of the molecule is Cc1cc(C)c(CCC(=O)P(=O)(c2ccccc2)c2ccccc2)c(C)c1. The lowest BCUT2D eigenvalue weighted by Gasteiger charge is -2.19. The van der Waals surface area contributed by atoms with Crippen molar-refractivity contribution >= 4 is 23.3 Å². The normalized spacial score (nSPS) is 11.4. The monoisotopic (exact) mass is 376 g/mol. The minimum atomic E-state index is -3.33. The molecule has 0 N–H and O–H groups in total. The van der Waals surface area contributed by atoms with Gasteiger partial charge in [-0.05, 0) is 43.9 Å². The second-order valence-electron chi connectivity index (χ2n) is 7.05. The Balaban J connectivity index is 1.95. The minimum Gasteiger partial charge on any atom is -0.306 e. The summed E-state index contributed by atoms with van der Waals surface area (Å²) in [5, 5.41) is 1.22. The average Bonchev–Trinajstić information content (AvgIpc) is 2.67.